The van der Waals surface area contributed by atoms with E-state index in [-0.39, 0.29) is 23.9 Å². The van der Waals surface area contributed by atoms with E-state index in [0.717, 1.165) is 37.3 Å². The molecular weight excluding hydrogens is 338 g/mol. The summed E-state index contributed by atoms with van der Waals surface area (Å²) in [5.74, 6) is 0.531. The topological polar surface area (TPSA) is 38.8 Å². The first-order chi connectivity index (χ1) is 13.3. The van der Waals surface area contributed by atoms with Crippen LogP contribution in [0.4, 0.5) is 0 Å². The van der Waals surface area contributed by atoms with Gasteiger partial charge in [0.2, 0.25) is 0 Å². The fourth-order valence-electron chi connectivity index (χ4n) is 5.58. The highest BCUT2D eigenvalue weighted by molar-refractivity contribution is 6.22. The molecule has 2 heterocycles. The van der Waals surface area contributed by atoms with Gasteiger partial charge < -0.3 is 9.47 Å². The first-order valence-electron chi connectivity index (χ1n) is 10.6. The SMILES string of the molecule is O=C1C(c2ccccc2)=COC2C1CCC1OCN(C3CCCCC3)CC12. The second-order valence-corrected chi connectivity index (χ2v) is 8.61. The molecule has 2 saturated carbocycles. The van der Waals surface area contributed by atoms with E-state index in [9.17, 15) is 4.79 Å². The van der Waals surface area contributed by atoms with Crippen LogP contribution in [0.2, 0.25) is 0 Å². The zero-order chi connectivity index (χ0) is 18.2. The number of hydrogen-bond acceptors (Lipinski definition) is 4. The van der Waals surface area contributed by atoms with E-state index in [0.29, 0.717) is 12.0 Å². The van der Waals surface area contributed by atoms with E-state index in [1.807, 2.05) is 30.3 Å². The number of ketones is 1. The summed E-state index contributed by atoms with van der Waals surface area (Å²) in [6.07, 6.45) is 10.4. The predicted molar refractivity (Wildman–Crippen MR) is 104 cm³/mol. The van der Waals surface area contributed by atoms with Crippen LogP contribution in [0.5, 0.6) is 0 Å². The Morgan fingerprint density at radius 2 is 1.78 bits per heavy atom. The lowest BCUT2D eigenvalue weighted by Gasteiger charge is -2.50. The normalized spacial score (nSPS) is 35.0. The number of benzene rings is 1. The van der Waals surface area contributed by atoms with Crippen molar-refractivity contribution < 1.29 is 14.3 Å². The lowest BCUT2D eigenvalue weighted by atomic mass is 9.71. The molecule has 5 rings (SSSR count). The third-order valence-corrected chi connectivity index (χ3v) is 7.08. The van der Waals surface area contributed by atoms with Crippen molar-refractivity contribution in [1.82, 2.24) is 4.90 Å². The zero-order valence-electron chi connectivity index (χ0n) is 15.9. The Balaban J connectivity index is 1.35. The van der Waals surface area contributed by atoms with Crippen molar-refractivity contribution in [1.29, 1.82) is 0 Å². The molecule has 0 N–H and O–H groups in total. The van der Waals surface area contributed by atoms with Crippen molar-refractivity contribution in [2.24, 2.45) is 11.8 Å². The second kappa shape index (κ2) is 7.40. The minimum atomic E-state index is -0.0323. The molecule has 4 nitrogen and oxygen atoms in total. The van der Waals surface area contributed by atoms with Gasteiger partial charge in [0.25, 0.3) is 0 Å². The molecular formula is C23H29NO3. The quantitative estimate of drug-likeness (QED) is 0.792. The average molecular weight is 367 g/mol. The number of nitrogens with zero attached hydrogens (tertiary/aromatic N) is 1. The van der Waals surface area contributed by atoms with Crippen LogP contribution >= 0.6 is 0 Å². The van der Waals surface area contributed by atoms with Gasteiger partial charge in [0.15, 0.2) is 5.78 Å². The van der Waals surface area contributed by atoms with Crippen LogP contribution in [-0.2, 0) is 14.3 Å². The van der Waals surface area contributed by atoms with Gasteiger partial charge in [-0.15, -0.1) is 0 Å². The minimum absolute atomic E-state index is 0.0265. The molecule has 0 aromatic heterocycles. The Bertz CT molecular complexity index is 710. The number of carbonyl (C=O) groups excluding carboxylic acids is 1. The molecule has 1 aromatic carbocycles. The molecule has 0 radical (unpaired) electrons. The van der Waals surface area contributed by atoms with Gasteiger partial charge in [-0.1, -0.05) is 49.6 Å². The second-order valence-electron chi connectivity index (χ2n) is 8.61. The van der Waals surface area contributed by atoms with Crippen molar-refractivity contribution in [2.45, 2.75) is 63.2 Å². The van der Waals surface area contributed by atoms with Crippen LogP contribution in [0.25, 0.3) is 5.57 Å². The first kappa shape index (κ1) is 17.4. The Hall–Kier alpha value is -1.65. The third-order valence-electron chi connectivity index (χ3n) is 7.08. The highest BCUT2D eigenvalue weighted by atomic mass is 16.5. The van der Waals surface area contributed by atoms with Gasteiger partial charge in [-0.3, -0.25) is 9.69 Å². The fraction of sp³-hybridized carbons (Fsp3) is 0.609. The predicted octanol–water partition coefficient (Wildman–Crippen LogP) is 4.01. The Labute approximate surface area is 161 Å². The van der Waals surface area contributed by atoms with Crippen molar-refractivity contribution in [3.63, 3.8) is 0 Å². The smallest absolute Gasteiger partial charge is 0.173 e. The van der Waals surface area contributed by atoms with Gasteiger partial charge in [0, 0.05) is 18.5 Å². The highest BCUT2D eigenvalue weighted by Crippen LogP contribution is 2.42. The molecule has 4 aliphatic rings. The van der Waals surface area contributed by atoms with Gasteiger partial charge in [0.05, 0.1) is 30.6 Å². The zero-order valence-corrected chi connectivity index (χ0v) is 15.9. The third kappa shape index (κ3) is 3.23. The van der Waals surface area contributed by atoms with Crippen LogP contribution in [0, 0.1) is 11.8 Å². The first-order valence-corrected chi connectivity index (χ1v) is 10.6. The van der Waals surface area contributed by atoms with Gasteiger partial charge in [-0.25, -0.2) is 0 Å². The van der Waals surface area contributed by atoms with E-state index < -0.39 is 0 Å². The molecule has 4 unspecified atom stereocenters. The van der Waals surface area contributed by atoms with E-state index in [1.54, 1.807) is 6.26 Å². The molecule has 0 amide bonds. The maximum Gasteiger partial charge on any atom is 0.173 e. The standard InChI is InChI=1S/C23H29NO3/c25-22-18-11-12-21-19(13-24(15-27-21)17-9-5-2-6-10-17)23(18)26-14-20(22)16-7-3-1-4-8-16/h1,3-4,7-8,14,17-19,21,23H,2,5-6,9-13,15H2. The number of Topliss-reactive ketones (excluding diaryl/α,β-unsaturated/α-hetero) is 1. The molecule has 0 bridgehead atoms. The van der Waals surface area contributed by atoms with Gasteiger partial charge in [-0.05, 0) is 31.2 Å². The van der Waals surface area contributed by atoms with E-state index in [2.05, 4.69) is 4.90 Å². The van der Waals surface area contributed by atoms with Crippen LogP contribution in [0.3, 0.4) is 0 Å². The average Bonchev–Trinajstić information content (AvgIpc) is 2.75. The molecule has 4 atom stereocenters. The number of hydrogen-bond donors (Lipinski definition) is 0. The monoisotopic (exact) mass is 367 g/mol. The van der Waals surface area contributed by atoms with Crippen LogP contribution in [-0.4, -0.2) is 42.2 Å². The minimum Gasteiger partial charge on any atom is -0.496 e. The maximum atomic E-state index is 13.2. The lowest BCUT2D eigenvalue weighted by molar-refractivity contribution is -0.178. The van der Waals surface area contributed by atoms with Crippen molar-refractivity contribution in [2.75, 3.05) is 13.3 Å². The Morgan fingerprint density at radius 3 is 2.59 bits per heavy atom. The molecule has 144 valence electrons. The molecule has 1 aromatic rings. The highest BCUT2D eigenvalue weighted by Gasteiger charge is 2.49. The number of rotatable bonds is 2. The summed E-state index contributed by atoms with van der Waals surface area (Å²) in [5.41, 5.74) is 1.70. The molecule has 3 fully saturated rings. The number of carbonyl (C=O) groups is 1. The van der Waals surface area contributed by atoms with Crippen molar-refractivity contribution in [3.05, 3.63) is 42.2 Å². The molecule has 27 heavy (non-hydrogen) atoms. The number of fused-ring (bicyclic) bond motifs is 3. The molecule has 2 aliphatic carbocycles. The van der Waals surface area contributed by atoms with Crippen molar-refractivity contribution in [3.8, 4) is 0 Å². The summed E-state index contributed by atoms with van der Waals surface area (Å²) in [7, 11) is 0. The lowest BCUT2D eigenvalue weighted by Crippen LogP contribution is -2.58. The summed E-state index contributed by atoms with van der Waals surface area (Å²) < 4.78 is 12.5. The van der Waals surface area contributed by atoms with Crippen LogP contribution < -0.4 is 0 Å². The summed E-state index contributed by atoms with van der Waals surface area (Å²) in [4.78, 5) is 15.7. The van der Waals surface area contributed by atoms with E-state index >= 15 is 0 Å². The van der Waals surface area contributed by atoms with Gasteiger partial charge in [0.1, 0.15) is 6.10 Å². The molecule has 0 spiro atoms. The summed E-state index contributed by atoms with van der Waals surface area (Å²) in [5, 5.41) is 0. The Morgan fingerprint density at radius 1 is 0.963 bits per heavy atom. The fourth-order valence-corrected chi connectivity index (χ4v) is 5.58. The molecule has 2 aliphatic heterocycles. The summed E-state index contributed by atoms with van der Waals surface area (Å²) in [6, 6.07) is 10.6. The van der Waals surface area contributed by atoms with Crippen molar-refractivity contribution >= 4 is 11.4 Å². The van der Waals surface area contributed by atoms with E-state index in [4.69, 9.17) is 9.47 Å². The maximum absolute atomic E-state index is 13.2. The van der Waals surface area contributed by atoms with Crippen LogP contribution in [0.15, 0.2) is 36.6 Å². The molecule has 1 saturated heterocycles. The Kier molecular flexibility index (Phi) is 4.78. The summed E-state index contributed by atoms with van der Waals surface area (Å²) in [6.45, 7) is 1.76. The number of ether oxygens (including phenoxy) is 2. The summed E-state index contributed by atoms with van der Waals surface area (Å²) >= 11 is 0. The van der Waals surface area contributed by atoms with Gasteiger partial charge >= 0.3 is 0 Å². The number of allylic oxidation sites excluding steroid dienone is 1. The van der Waals surface area contributed by atoms with Crippen LogP contribution in [0.1, 0.15) is 50.5 Å². The van der Waals surface area contributed by atoms with Gasteiger partial charge in [-0.2, -0.15) is 0 Å². The molecule has 4 heteroatoms. The van der Waals surface area contributed by atoms with E-state index in [1.165, 1.54) is 32.1 Å². The largest absolute Gasteiger partial charge is 0.496 e.